The molecule has 0 radical (unpaired) electrons. The van der Waals surface area contributed by atoms with Crippen LogP contribution in [0.15, 0.2) is 124 Å². The molecule has 4 aliphatic rings. The number of hydrogen-bond donors (Lipinski definition) is 0. The summed E-state index contributed by atoms with van der Waals surface area (Å²) in [6, 6.07) is 40.9. The van der Waals surface area contributed by atoms with Gasteiger partial charge in [-0.15, -0.1) is 0 Å². The quantitative estimate of drug-likeness (QED) is 0.182. The smallest absolute Gasteiger partial charge is 0.261 e. The maximum atomic E-state index is 6.93. The molecular formula is C42H19B2NO4. The first kappa shape index (κ1) is 23.9. The van der Waals surface area contributed by atoms with Gasteiger partial charge in [-0.25, -0.2) is 0 Å². The van der Waals surface area contributed by atoms with Gasteiger partial charge in [-0.1, -0.05) is 72.8 Å². The molecule has 0 N–H and O–H groups in total. The molecule has 0 spiro atoms. The molecule has 4 aliphatic heterocycles. The van der Waals surface area contributed by atoms with Gasteiger partial charge in [-0.2, -0.15) is 0 Å². The minimum atomic E-state index is -0.0885. The van der Waals surface area contributed by atoms with Gasteiger partial charge in [0.15, 0.2) is 0 Å². The SMILES string of the molecule is c1ccc2c(c1)oc1c3c(ccc12)Oc1cc2c4c5c1B3c1cccc3c6cccc(c6n-5c13)B4c1c(ccc3c1oc1ccccc13)O2. The van der Waals surface area contributed by atoms with E-state index < -0.39 is 0 Å². The minimum absolute atomic E-state index is 0.0885. The van der Waals surface area contributed by atoms with Crippen molar-refractivity contribution in [3.05, 3.63) is 115 Å². The Morgan fingerprint density at radius 1 is 0.408 bits per heavy atom. The number of ether oxygens (including phenoxy) is 2. The van der Waals surface area contributed by atoms with E-state index in [4.69, 9.17) is 18.3 Å². The third-order valence-electron chi connectivity index (χ3n) is 11.7. The van der Waals surface area contributed by atoms with E-state index in [0.29, 0.717) is 0 Å². The van der Waals surface area contributed by atoms with Crippen molar-refractivity contribution < 1.29 is 18.3 Å². The number of aromatic nitrogens is 1. The standard InChI is InChI=1S/C42H19B2NO4/c1-3-13-28-20(7-1)24-15-17-30-36(41(24)48-28)43-26-11-5-9-22-23-10-6-12-27-39(23)45(38(22)26)40-34(43)32(46-30)19-33-35(40)44(27)37-31(47-33)18-16-25-21-8-2-4-14-29(21)49-42(25)37/h1-19H. The molecule has 0 fully saturated rings. The van der Waals surface area contributed by atoms with Crippen LogP contribution in [0.2, 0.25) is 0 Å². The third-order valence-corrected chi connectivity index (χ3v) is 11.7. The first-order valence-electron chi connectivity index (χ1n) is 16.8. The Morgan fingerprint density at radius 3 is 1.43 bits per heavy atom. The van der Waals surface area contributed by atoms with E-state index in [1.807, 2.05) is 12.1 Å². The summed E-state index contributed by atoms with van der Waals surface area (Å²) in [5.41, 5.74) is 14.2. The maximum absolute atomic E-state index is 6.93. The topological polar surface area (TPSA) is 49.7 Å². The summed E-state index contributed by atoms with van der Waals surface area (Å²) in [5.74, 6) is 3.31. The molecule has 3 aromatic heterocycles. The lowest BCUT2D eigenvalue weighted by Gasteiger charge is -2.40. The van der Waals surface area contributed by atoms with Crippen LogP contribution in [0.1, 0.15) is 0 Å². The van der Waals surface area contributed by atoms with Crippen molar-refractivity contribution in [1.29, 1.82) is 0 Å². The van der Waals surface area contributed by atoms with Gasteiger partial charge in [-0.3, -0.25) is 0 Å². The summed E-state index contributed by atoms with van der Waals surface area (Å²) in [6.07, 6.45) is 0. The van der Waals surface area contributed by atoms with Crippen LogP contribution in [0.25, 0.3) is 71.4 Å². The second-order valence-electron chi connectivity index (χ2n) is 13.8. The fraction of sp³-hybridized carbons (Fsp3) is 0. The Hall–Kier alpha value is -6.33. The van der Waals surface area contributed by atoms with E-state index in [1.165, 1.54) is 43.7 Å². The highest BCUT2D eigenvalue weighted by molar-refractivity contribution is 7.04. The number of benzene rings is 7. The second kappa shape index (κ2) is 7.69. The number of furan rings is 2. The molecule has 0 amide bonds. The summed E-state index contributed by atoms with van der Waals surface area (Å²) < 4.78 is 29.8. The van der Waals surface area contributed by atoms with E-state index >= 15 is 0 Å². The highest BCUT2D eigenvalue weighted by Crippen LogP contribution is 2.44. The fourth-order valence-electron chi connectivity index (χ4n) is 9.93. The number of fused-ring (bicyclic) bond motifs is 15. The van der Waals surface area contributed by atoms with Crippen LogP contribution in [0.4, 0.5) is 0 Å². The van der Waals surface area contributed by atoms with Crippen LogP contribution in [0.3, 0.4) is 0 Å². The molecule has 7 aromatic carbocycles. The second-order valence-corrected chi connectivity index (χ2v) is 13.8. The Bertz CT molecular complexity index is 3050. The number of rotatable bonds is 0. The van der Waals surface area contributed by atoms with E-state index in [0.717, 1.165) is 83.5 Å². The zero-order valence-electron chi connectivity index (χ0n) is 25.7. The molecule has 7 heterocycles. The predicted octanol–water partition coefficient (Wildman–Crippen LogP) is 6.45. The predicted molar refractivity (Wildman–Crippen MR) is 198 cm³/mol. The van der Waals surface area contributed by atoms with Gasteiger partial charge in [0.25, 0.3) is 13.4 Å². The number of para-hydroxylation sites is 4. The normalized spacial score (nSPS) is 14.4. The van der Waals surface area contributed by atoms with Crippen LogP contribution >= 0.6 is 0 Å². The van der Waals surface area contributed by atoms with Crippen LogP contribution in [-0.2, 0) is 0 Å². The van der Waals surface area contributed by atoms with Crippen LogP contribution in [-0.4, -0.2) is 18.0 Å². The lowest BCUT2D eigenvalue weighted by molar-refractivity contribution is 0.465. The first-order valence-corrected chi connectivity index (χ1v) is 16.8. The molecule has 0 aliphatic carbocycles. The average Bonchev–Trinajstić information content (AvgIpc) is 3.82. The van der Waals surface area contributed by atoms with Gasteiger partial charge in [0.1, 0.15) is 45.3 Å². The summed E-state index contributed by atoms with van der Waals surface area (Å²) in [5, 5.41) is 6.96. The van der Waals surface area contributed by atoms with Crippen molar-refractivity contribution >= 4 is 112 Å². The van der Waals surface area contributed by atoms with Crippen molar-refractivity contribution in [3.63, 3.8) is 0 Å². The number of hydrogen-bond acceptors (Lipinski definition) is 4. The van der Waals surface area contributed by atoms with Gasteiger partial charge in [0.2, 0.25) is 0 Å². The molecule has 7 heteroatoms. The highest BCUT2D eigenvalue weighted by Gasteiger charge is 2.50. The molecule has 5 nitrogen and oxygen atoms in total. The molecule has 0 atom stereocenters. The Morgan fingerprint density at radius 2 is 0.898 bits per heavy atom. The highest BCUT2D eigenvalue weighted by atomic mass is 16.5. The molecule has 49 heavy (non-hydrogen) atoms. The van der Waals surface area contributed by atoms with Crippen molar-refractivity contribution in [3.8, 4) is 28.7 Å². The largest absolute Gasteiger partial charge is 0.458 e. The molecule has 0 unspecified atom stereocenters. The van der Waals surface area contributed by atoms with Gasteiger partial charge in [-0.05, 0) is 58.2 Å². The van der Waals surface area contributed by atoms with Gasteiger partial charge in [0, 0.05) is 66.0 Å². The van der Waals surface area contributed by atoms with Crippen LogP contribution in [0.5, 0.6) is 23.0 Å². The molecule has 0 saturated heterocycles. The Balaban J connectivity index is 1.19. The lowest BCUT2D eigenvalue weighted by atomic mass is 9.30. The van der Waals surface area contributed by atoms with Crippen molar-refractivity contribution in [2.24, 2.45) is 0 Å². The molecule has 10 aromatic rings. The summed E-state index contributed by atoms with van der Waals surface area (Å²) >= 11 is 0. The fourth-order valence-corrected chi connectivity index (χ4v) is 9.93. The Labute approximate surface area is 278 Å². The average molecular weight is 623 g/mol. The van der Waals surface area contributed by atoms with Gasteiger partial charge < -0.3 is 22.9 Å². The third kappa shape index (κ3) is 2.51. The Kier molecular flexibility index (Phi) is 3.75. The van der Waals surface area contributed by atoms with Gasteiger partial charge in [0.05, 0.1) is 0 Å². The van der Waals surface area contributed by atoms with E-state index in [-0.39, 0.29) is 13.4 Å². The molecule has 0 saturated carbocycles. The lowest BCUT2D eigenvalue weighted by Crippen LogP contribution is -2.65. The number of nitrogens with zero attached hydrogens (tertiary/aromatic N) is 1. The molecular weight excluding hydrogens is 604 g/mol. The summed E-state index contributed by atoms with van der Waals surface area (Å²) in [6.45, 7) is -0.177. The summed E-state index contributed by atoms with van der Waals surface area (Å²) in [4.78, 5) is 0. The van der Waals surface area contributed by atoms with Gasteiger partial charge >= 0.3 is 0 Å². The van der Waals surface area contributed by atoms with E-state index in [2.05, 4.69) is 108 Å². The van der Waals surface area contributed by atoms with E-state index in [1.54, 1.807) is 0 Å². The van der Waals surface area contributed by atoms with Crippen molar-refractivity contribution in [2.75, 3.05) is 0 Å². The van der Waals surface area contributed by atoms with E-state index in [9.17, 15) is 0 Å². The first-order chi connectivity index (χ1) is 24.3. The van der Waals surface area contributed by atoms with Crippen molar-refractivity contribution in [1.82, 2.24) is 4.57 Å². The summed E-state index contributed by atoms with van der Waals surface area (Å²) in [7, 11) is 0. The zero-order valence-corrected chi connectivity index (χ0v) is 25.7. The molecule has 14 rings (SSSR count). The molecule has 222 valence electrons. The maximum Gasteiger partial charge on any atom is 0.261 e. The zero-order chi connectivity index (χ0) is 31.3. The van der Waals surface area contributed by atoms with Crippen LogP contribution < -0.4 is 42.3 Å². The molecule has 0 bridgehead atoms. The minimum Gasteiger partial charge on any atom is -0.458 e. The monoisotopic (exact) mass is 623 g/mol. The van der Waals surface area contributed by atoms with Crippen LogP contribution in [0, 0.1) is 0 Å². The van der Waals surface area contributed by atoms with Crippen molar-refractivity contribution in [2.45, 2.75) is 0 Å².